The Morgan fingerprint density at radius 3 is 2.86 bits per heavy atom. The van der Waals surface area contributed by atoms with Crippen molar-refractivity contribution in [3.05, 3.63) is 35.2 Å². The monoisotopic (exact) mass is 288 g/mol. The highest BCUT2D eigenvalue weighted by molar-refractivity contribution is 5.91. The van der Waals surface area contributed by atoms with Gasteiger partial charge in [-0.05, 0) is 32.4 Å². The maximum Gasteiger partial charge on any atom is 0.231 e. The number of carbonyl (C=O) groups excluding carboxylic acids is 1. The normalized spacial score (nSPS) is 12.5. The molecule has 1 aliphatic heterocycles. The molecule has 0 saturated carbocycles. The maximum absolute atomic E-state index is 12.0. The number of aromatic nitrogens is 1. The molecule has 3 rings (SSSR count). The summed E-state index contributed by atoms with van der Waals surface area (Å²) in [5.41, 5.74) is 2.53. The van der Waals surface area contributed by atoms with E-state index in [4.69, 9.17) is 14.0 Å². The number of aryl methyl sites for hydroxylation is 2. The van der Waals surface area contributed by atoms with Gasteiger partial charge < -0.3 is 19.3 Å². The summed E-state index contributed by atoms with van der Waals surface area (Å²) in [4.78, 5) is 12.0. The molecule has 0 bridgehead atoms. The number of ether oxygens (including phenoxy) is 2. The number of amides is 1. The first-order valence-electron chi connectivity index (χ1n) is 6.75. The number of fused-ring (bicyclic) bond motifs is 1. The van der Waals surface area contributed by atoms with Gasteiger partial charge in [0.25, 0.3) is 0 Å². The molecule has 1 N–H and O–H groups in total. The van der Waals surface area contributed by atoms with E-state index < -0.39 is 0 Å². The fraction of sp³-hybridized carbons (Fsp3) is 0.333. The van der Waals surface area contributed by atoms with Crippen LogP contribution in [0.2, 0.25) is 0 Å². The minimum Gasteiger partial charge on any atom is -0.454 e. The molecular weight excluding hydrogens is 272 g/mol. The van der Waals surface area contributed by atoms with Gasteiger partial charge in [0.1, 0.15) is 5.76 Å². The van der Waals surface area contributed by atoms with Crippen molar-refractivity contribution in [3.63, 3.8) is 0 Å². The Morgan fingerprint density at radius 2 is 2.10 bits per heavy atom. The average Bonchev–Trinajstić information content (AvgIpc) is 3.04. The molecule has 1 aliphatic rings. The summed E-state index contributed by atoms with van der Waals surface area (Å²) >= 11 is 0. The van der Waals surface area contributed by atoms with Crippen LogP contribution in [0.5, 0.6) is 11.5 Å². The molecule has 0 unspecified atom stereocenters. The zero-order valence-electron chi connectivity index (χ0n) is 11.9. The van der Waals surface area contributed by atoms with Crippen molar-refractivity contribution in [2.45, 2.75) is 26.7 Å². The van der Waals surface area contributed by atoms with Crippen molar-refractivity contribution in [2.75, 3.05) is 12.1 Å². The molecule has 0 atom stereocenters. The fourth-order valence-electron chi connectivity index (χ4n) is 2.30. The van der Waals surface area contributed by atoms with Crippen LogP contribution in [0.4, 0.5) is 5.69 Å². The number of hydrogen-bond donors (Lipinski definition) is 1. The number of rotatable bonds is 4. The Balaban J connectivity index is 1.59. The number of nitrogens with one attached hydrogen (secondary N) is 1. The first-order chi connectivity index (χ1) is 10.1. The summed E-state index contributed by atoms with van der Waals surface area (Å²) < 4.78 is 15.6. The minimum absolute atomic E-state index is 0.0612. The number of hydrogen-bond acceptors (Lipinski definition) is 5. The smallest absolute Gasteiger partial charge is 0.231 e. The summed E-state index contributed by atoms with van der Waals surface area (Å²) in [6, 6.07) is 5.34. The van der Waals surface area contributed by atoms with E-state index in [1.165, 1.54) is 0 Å². The fourth-order valence-corrected chi connectivity index (χ4v) is 2.30. The maximum atomic E-state index is 12.0. The van der Waals surface area contributed by atoms with Gasteiger partial charge in [0, 0.05) is 23.7 Å². The van der Waals surface area contributed by atoms with Gasteiger partial charge in [0.05, 0.1) is 5.69 Å². The molecule has 1 amide bonds. The molecule has 21 heavy (non-hydrogen) atoms. The summed E-state index contributed by atoms with van der Waals surface area (Å²) in [5.74, 6) is 2.06. The summed E-state index contributed by atoms with van der Waals surface area (Å²) in [6.45, 7) is 3.95. The van der Waals surface area contributed by atoms with Crippen molar-refractivity contribution in [3.8, 4) is 11.5 Å². The van der Waals surface area contributed by atoms with Crippen molar-refractivity contribution >= 4 is 11.6 Å². The van der Waals surface area contributed by atoms with E-state index in [1.54, 1.807) is 18.2 Å². The lowest BCUT2D eigenvalue weighted by atomic mass is 10.1. The van der Waals surface area contributed by atoms with Gasteiger partial charge in [0.15, 0.2) is 11.5 Å². The molecule has 2 heterocycles. The Labute approximate surface area is 122 Å². The molecule has 0 saturated heterocycles. The van der Waals surface area contributed by atoms with E-state index in [9.17, 15) is 4.79 Å². The van der Waals surface area contributed by atoms with E-state index in [1.807, 2.05) is 13.8 Å². The van der Waals surface area contributed by atoms with Crippen LogP contribution >= 0.6 is 0 Å². The van der Waals surface area contributed by atoms with Gasteiger partial charge in [-0.25, -0.2) is 0 Å². The Hall–Kier alpha value is -2.50. The van der Waals surface area contributed by atoms with Crippen LogP contribution < -0.4 is 14.8 Å². The number of anilines is 1. The number of nitrogens with zero attached hydrogens (tertiary/aromatic N) is 1. The molecule has 1 aromatic carbocycles. The lowest BCUT2D eigenvalue weighted by Gasteiger charge is -2.06. The second kappa shape index (κ2) is 5.47. The van der Waals surface area contributed by atoms with Crippen LogP contribution in [0.15, 0.2) is 22.7 Å². The van der Waals surface area contributed by atoms with Crippen LogP contribution in [-0.4, -0.2) is 17.9 Å². The highest BCUT2D eigenvalue weighted by Crippen LogP contribution is 2.34. The van der Waals surface area contributed by atoms with Crippen LogP contribution in [-0.2, 0) is 11.2 Å². The van der Waals surface area contributed by atoms with Gasteiger partial charge >= 0.3 is 0 Å². The van der Waals surface area contributed by atoms with Gasteiger partial charge in [-0.15, -0.1) is 0 Å². The molecule has 0 radical (unpaired) electrons. The quantitative estimate of drug-likeness (QED) is 0.936. The summed E-state index contributed by atoms with van der Waals surface area (Å²) in [6.07, 6.45) is 0.981. The zero-order valence-corrected chi connectivity index (χ0v) is 11.9. The molecule has 1 aromatic heterocycles. The Bertz CT molecular complexity index is 659. The van der Waals surface area contributed by atoms with E-state index >= 15 is 0 Å². The molecule has 0 spiro atoms. The lowest BCUT2D eigenvalue weighted by Crippen LogP contribution is -2.12. The van der Waals surface area contributed by atoms with E-state index in [0.29, 0.717) is 30.0 Å². The molecule has 6 heteroatoms. The number of benzene rings is 1. The second-order valence-electron chi connectivity index (χ2n) is 4.92. The van der Waals surface area contributed by atoms with E-state index in [0.717, 1.165) is 17.0 Å². The third kappa shape index (κ3) is 2.84. The zero-order chi connectivity index (χ0) is 14.8. The average molecular weight is 288 g/mol. The van der Waals surface area contributed by atoms with Crippen molar-refractivity contribution < 1.29 is 18.8 Å². The Morgan fingerprint density at radius 1 is 1.29 bits per heavy atom. The summed E-state index contributed by atoms with van der Waals surface area (Å²) in [5, 5.41) is 6.73. The van der Waals surface area contributed by atoms with E-state index in [2.05, 4.69) is 10.5 Å². The first kappa shape index (κ1) is 13.5. The van der Waals surface area contributed by atoms with Crippen LogP contribution in [0.3, 0.4) is 0 Å². The van der Waals surface area contributed by atoms with Gasteiger partial charge in [-0.1, -0.05) is 5.16 Å². The SMILES string of the molecule is Cc1noc(C)c1CCC(=O)Nc1ccc2c(c1)OCO2. The van der Waals surface area contributed by atoms with Crippen LogP contribution in [0.25, 0.3) is 0 Å². The number of carbonyl (C=O) groups is 1. The predicted molar refractivity (Wildman–Crippen MR) is 75.5 cm³/mol. The predicted octanol–water partition coefficient (Wildman–Crippen LogP) is 2.59. The van der Waals surface area contributed by atoms with Gasteiger partial charge in [-0.2, -0.15) is 0 Å². The minimum atomic E-state index is -0.0612. The third-order valence-corrected chi connectivity index (χ3v) is 3.44. The largest absolute Gasteiger partial charge is 0.454 e. The highest BCUT2D eigenvalue weighted by Gasteiger charge is 2.15. The topological polar surface area (TPSA) is 73.6 Å². The first-order valence-corrected chi connectivity index (χ1v) is 6.75. The molecule has 0 aliphatic carbocycles. The van der Waals surface area contributed by atoms with Gasteiger partial charge in [0.2, 0.25) is 12.7 Å². The van der Waals surface area contributed by atoms with Crippen molar-refractivity contribution in [1.82, 2.24) is 5.16 Å². The summed E-state index contributed by atoms with van der Waals surface area (Å²) in [7, 11) is 0. The molecule has 110 valence electrons. The lowest BCUT2D eigenvalue weighted by molar-refractivity contribution is -0.116. The molecule has 2 aromatic rings. The van der Waals surface area contributed by atoms with E-state index in [-0.39, 0.29) is 12.7 Å². The standard InChI is InChI=1S/C15H16N2O4/c1-9-12(10(2)21-17-9)4-6-15(18)16-11-3-5-13-14(7-11)20-8-19-13/h3,5,7H,4,6,8H2,1-2H3,(H,16,18). The van der Waals surface area contributed by atoms with Gasteiger partial charge in [-0.3, -0.25) is 4.79 Å². The van der Waals surface area contributed by atoms with Crippen molar-refractivity contribution in [1.29, 1.82) is 0 Å². The van der Waals surface area contributed by atoms with Crippen LogP contribution in [0, 0.1) is 13.8 Å². The highest BCUT2D eigenvalue weighted by atomic mass is 16.7. The second-order valence-corrected chi connectivity index (χ2v) is 4.92. The third-order valence-electron chi connectivity index (χ3n) is 3.44. The van der Waals surface area contributed by atoms with Crippen molar-refractivity contribution in [2.24, 2.45) is 0 Å². The molecule has 6 nitrogen and oxygen atoms in total. The van der Waals surface area contributed by atoms with Crippen LogP contribution in [0.1, 0.15) is 23.4 Å². The Kier molecular flexibility index (Phi) is 3.51. The molecule has 0 fully saturated rings. The molecular formula is C15H16N2O4.